The van der Waals surface area contributed by atoms with Gasteiger partial charge in [0, 0.05) is 18.0 Å². The van der Waals surface area contributed by atoms with Crippen molar-refractivity contribution in [2.75, 3.05) is 0 Å². The first-order valence-corrected chi connectivity index (χ1v) is 3.86. The molecule has 2 rings (SSSR count). The number of hydrazone groups is 1. The molecule has 0 spiro atoms. The van der Waals surface area contributed by atoms with E-state index in [1.807, 2.05) is 5.43 Å². The summed E-state index contributed by atoms with van der Waals surface area (Å²) in [5, 5.41) is 22.3. The average molecular weight is 193 g/mol. The van der Waals surface area contributed by atoms with E-state index in [4.69, 9.17) is 0 Å². The lowest BCUT2D eigenvalue weighted by Crippen LogP contribution is -2.45. The monoisotopic (exact) mass is 193 g/mol. The highest BCUT2D eigenvalue weighted by atomic mass is 16.5. The van der Waals surface area contributed by atoms with Gasteiger partial charge in [-0.3, -0.25) is 9.78 Å². The van der Waals surface area contributed by atoms with Gasteiger partial charge >= 0.3 is 5.91 Å². The van der Waals surface area contributed by atoms with Crippen molar-refractivity contribution in [1.29, 1.82) is 0 Å². The molecule has 14 heavy (non-hydrogen) atoms. The highest BCUT2D eigenvalue weighted by molar-refractivity contribution is 6.20. The van der Waals surface area contributed by atoms with Gasteiger partial charge in [0.15, 0.2) is 0 Å². The zero-order chi connectivity index (χ0) is 10.2. The fourth-order valence-electron chi connectivity index (χ4n) is 1.15. The van der Waals surface area contributed by atoms with Crippen molar-refractivity contribution in [2.45, 2.75) is 5.79 Å². The van der Waals surface area contributed by atoms with Gasteiger partial charge in [-0.2, -0.15) is 5.10 Å². The number of nitrogens with zero attached hydrogens (tertiary/aromatic N) is 2. The lowest BCUT2D eigenvalue weighted by Gasteiger charge is -2.13. The molecular weight excluding hydrogens is 186 g/mol. The minimum absolute atomic E-state index is 0.120. The van der Waals surface area contributed by atoms with E-state index in [9.17, 15) is 15.0 Å². The fourth-order valence-corrected chi connectivity index (χ4v) is 1.15. The minimum Gasteiger partial charge on any atom is -0.353 e. The van der Waals surface area contributed by atoms with Crippen LogP contribution in [0.3, 0.4) is 0 Å². The van der Waals surface area contributed by atoms with E-state index in [0.29, 0.717) is 5.56 Å². The van der Waals surface area contributed by atoms with Crippen molar-refractivity contribution in [3.8, 4) is 0 Å². The second-order valence-corrected chi connectivity index (χ2v) is 2.81. The topological polar surface area (TPSA) is 94.8 Å². The van der Waals surface area contributed by atoms with Crippen LogP contribution >= 0.6 is 0 Å². The van der Waals surface area contributed by atoms with Gasteiger partial charge in [0.2, 0.25) is 0 Å². The third kappa shape index (κ3) is 1.17. The standard InChI is InChI=1S/C8H7N3O3/c12-7-8(13,14)6(10-11-7)5-1-3-9-4-2-5/h1-4,13-14H,(H,11,12). The van der Waals surface area contributed by atoms with Crippen molar-refractivity contribution in [3.05, 3.63) is 30.1 Å². The summed E-state index contributed by atoms with van der Waals surface area (Å²) in [6.07, 6.45) is 2.94. The van der Waals surface area contributed by atoms with Gasteiger partial charge in [0.1, 0.15) is 5.71 Å². The fraction of sp³-hybridized carbons (Fsp3) is 0.125. The number of hydrogen-bond acceptors (Lipinski definition) is 5. The van der Waals surface area contributed by atoms with E-state index in [2.05, 4.69) is 10.1 Å². The Morgan fingerprint density at radius 3 is 2.43 bits per heavy atom. The molecule has 0 aromatic carbocycles. The predicted octanol–water partition coefficient (Wildman–Crippen LogP) is -1.40. The Hall–Kier alpha value is -1.79. The van der Waals surface area contributed by atoms with E-state index in [-0.39, 0.29) is 5.71 Å². The Kier molecular flexibility index (Phi) is 1.80. The second-order valence-electron chi connectivity index (χ2n) is 2.81. The SMILES string of the molecule is O=C1NN=C(c2ccncc2)C1(O)O. The third-order valence-electron chi connectivity index (χ3n) is 1.87. The van der Waals surface area contributed by atoms with Crippen molar-refractivity contribution < 1.29 is 15.0 Å². The van der Waals surface area contributed by atoms with Crippen LogP contribution in [0, 0.1) is 0 Å². The molecule has 6 heteroatoms. The largest absolute Gasteiger partial charge is 0.353 e. The van der Waals surface area contributed by atoms with Gasteiger partial charge in [0.25, 0.3) is 5.79 Å². The van der Waals surface area contributed by atoms with Crippen LogP contribution in [0.15, 0.2) is 29.6 Å². The van der Waals surface area contributed by atoms with Crippen LogP contribution in [0.4, 0.5) is 0 Å². The molecule has 1 aliphatic heterocycles. The maximum Gasteiger partial charge on any atom is 0.306 e. The van der Waals surface area contributed by atoms with Gasteiger partial charge in [-0.05, 0) is 12.1 Å². The molecule has 0 aliphatic carbocycles. The number of carbonyl (C=O) groups excluding carboxylic acids is 1. The van der Waals surface area contributed by atoms with Crippen LogP contribution < -0.4 is 5.43 Å². The molecule has 0 bridgehead atoms. The van der Waals surface area contributed by atoms with Gasteiger partial charge in [-0.1, -0.05) is 0 Å². The first-order chi connectivity index (χ1) is 6.62. The number of nitrogens with one attached hydrogen (secondary N) is 1. The molecular formula is C8H7N3O3. The van der Waals surface area contributed by atoms with Gasteiger partial charge in [-0.25, -0.2) is 5.43 Å². The predicted molar refractivity (Wildman–Crippen MR) is 46.1 cm³/mol. The van der Waals surface area contributed by atoms with E-state index in [1.165, 1.54) is 24.5 Å². The summed E-state index contributed by atoms with van der Waals surface area (Å²) in [6.45, 7) is 0. The van der Waals surface area contributed by atoms with Gasteiger partial charge < -0.3 is 10.2 Å². The summed E-state index contributed by atoms with van der Waals surface area (Å²) < 4.78 is 0. The highest BCUT2D eigenvalue weighted by Crippen LogP contribution is 2.15. The maximum atomic E-state index is 10.9. The Morgan fingerprint density at radius 1 is 1.29 bits per heavy atom. The Morgan fingerprint density at radius 2 is 1.93 bits per heavy atom. The van der Waals surface area contributed by atoms with Crippen molar-refractivity contribution in [3.63, 3.8) is 0 Å². The summed E-state index contributed by atoms with van der Waals surface area (Å²) >= 11 is 0. The maximum absolute atomic E-state index is 10.9. The van der Waals surface area contributed by atoms with Crippen molar-refractivity contribution in [2.24, 2.45) is 5.10 Å². The molecule has 72 valence electrons. The second kappa shape index (κ2) is 2.86. The smallest absolute Gasteiger partial charge is 0.306 e. The number of rotatable bonds is 1. The molecule has 6 nitrogen and oxygen atoms in total. The van der Waals surface area contributed by atoms with E-state index in [1.54, 1.807) is 0 Å². The van der Waals surface area contributed by atoms with E-state index in [0.717, 1.165) is 0 Å². The van der Waals surface area contributed by atoms with Crippen LogP contribution in [0.25, 0.3) is 0 Å². The molecule has 0 unspecified atom stereocenters. The zero-order valence-electron chi connectivity index (χ0n) is 7.01. The summed E-state index contributed by atoms with van der Waals surface area (Å²) in [7, 11) is 0. The lowest BCUT2D eigenvalue weighted by molar-refractivity contribution is -0.158. The molecule has 1 amide bonds. The zero-order valence-corrected chi connectivity index (χ0v) is 7.01. The quantitative estimate of drug-likeness (QED) is 0.478. The Labute approximate surface area is 78.9 Å². The van der Waals surface area contributed by atoms with Crippen molar-refractivity contribution in [1.82, 2.24) is 10.4 Å². The number of hydrogen-bond donors (Lipinski definition) is 3. The van der Waals surface area contributed by atoms with Crippen LogP contribution in [0.2, 0.25) is 0 Å². The molecule has 0 saturated carbocycles. The molecule has 1 aromatic rings. The van der Waals surface area contributed by atoms with Crippen LogP contribution in [-0.4, -0.2) is 32.6 Å². The molecule has 0 atom stereocenters. The molecule has 0 radical (unpaired) electrons. The van der Waals surface area contributed by atoms with Gasteiger partial charge in [0.05, 0.1) is 0 Å². The van der Waals surface area contributed by atoms with E-state index >= 15 is 0 Å². The van der Waals surface area contributed by atoms with E-state index < -0.39 is 11.7 Å². The number of aliphatic hydroxyl groups is 2. The minimum atomic E-state index is -2.55. The Balaban J connectivity index is 2.43. The molecule has 1 aliphatic rings. The number of aromatic nitrogens is 1. The van der Waals surface area contributed by atoms with Crippen LogP contribution in [0.1, 0.15) is 5.56 Å². The third-order valence-corrected chi connectivity index (χ3v) is 1.87. The average Bonchev–Trinajstić information content (AvgIpc) is 2.44. The number of carbonyl (C=O) groups is 1. The Bertz CT molecular complexity index is 400. The van der Waals surface area contributed by atoms with Gasteiger partial charge in [-0.15, -0.1) is 0 Å². The van der Waals surface area contributed by atoms with Crippen LogP contribution in [0.5, 0.6) is 0 Å². The van der Waals surface area contributed by atoms with Crippen molar-refractivity contribution >= 4 is 11.6 Å². The summed E-state index contributed by atoms with van der Waals surface area (Å²) in [6, 6.07) is 3.06. The summed E-state index contributed by atoms with van der Waals surface area (Å²) in [5.74, 6) is -3.51. The summed E-state index contributed by atoms with van der Waals surface area (Å²) in [4.78, 5) is 14.7. The molecule has 0 saturated heterocycles. The lowest BCUT2D eigenvalue weighted by atomic mass is 10.0. The molecule has 3 N–H and O–H groups in total. The summed E-state index contributed by atoms with van der Waals surface area (Å²) in [5.41, 5.74) is 2.30. The number of pyridine rings is 1. The molecule has 2 heterocycles. The number of amides is 1. The first kappa shape index (κ1) is 8.79. The molecule has 0 fully saturated rings. The van der Waals surface area contributed by atoms with Crippen LogP contribution in [-0.2, 0) is 4.79 Å². The first-order valence-electron chi connectivity index (χ1n) is 3.86. The normalized spacial score (nSPS) is 19.0. The highest BCUT2D eigenvalue weighted by Gasteiger charge is 2.44. The molecule has 1 aromatic heterocycles.